The first-order chi connectivity index (χ1) is 5.46. The van der Waals surface area contributed by atoms with Crippen LogP contribution in [0.25, 0.3) is 0 Å². The first-order valence-corrected chi connectivity index (χ1v) is 3.77. The average molecular weight is 172 g/mol. The number of hydrogen-bond acceptors (Lipinski definition) is 2. The molecule has 5 nitrogen and oxygen atoms in total. The zero-order valence-corrected chi connectivity index (χ0v) is 6.83. The Labute approximate surface area is 69.9 Å². The molecule has 0 unspecified atom stereocenters. The fraction of sp³-hybridized carbons (Fsp3) is 0.714. The van der Waals surface area contributed by atoms with Crippen molar-refractivity contribution in [3.8, 4) is 0 Å². The molecule has 0 spiro atoms. The van der Waals surface area contributed by atoms with Gasteiger partial charge in [-0.15, -0.1) is 0 Å². The molecule has 2 amide bonds. The number of urea groups is 1. The summed E-state index contributed by atoms with van der Waals surface area (Å²) in [5.74, 6) is -0.660. The van der Waals surface area contributed by atoms with E-state index in [0.29, 0.717) is 18.8 Å². The minimum atomic E-state index is -1.09. The van der Waals surface area contributed by atoms with Crippen LogP contribution in [-0.2, 0) is 4.79 Å². The minimum Gasteiger partial charge on any atom is -0.480 e. The van der Waals surface area contributed by atoms with E-state index in [0.717, 1.165) is 0 Å². The number of carbonyl (C=O) groups is 2. The molecule has 0 aromatic carbocycles. The molecule has 0 bridgehead atoms. The molecule has 68 valence electrons. The Morgan fingerprint density at radius 1 is 1.58 bits per heavy atom. The molecule has 0 atom stereocenters. The van der Waals surface area contributed by atoms with E-state index in [9.17, 15) is 9.59 Å². The van der Waals surface area contributed by atoms with Gasteiger partial charge in [-0.05, 0) is 18.8 Å². The topological polar surface area (TPSA) is 92.4 Å². The Kier molecular flexibility index (Phi) is 1.95. The molecule has 0 aliphatic heterocycles. The number of primary amides is 1. The van der Waals surface area contributed by atoms with Crippen LogP contribution in [0.15, 0.2) is 0 Å². The Morgan fingerprint density at radius 2 is 2.08 bits per heavy atom. The second-order valence-corrected chi connectivity index (χ2v) is 3.39. The Balaban J connectivity index is 2.63. The van der Waals surface area contributed by atoms with Gasteiger partial charge < -0.3 is 16.2 Å². The third-order valence-corrected chi connectivity index (χ3v) is 2.17. The number of amides is 2. The number of carboxylic acid groups (broad SMARTS) is 1. The SMILES string of the molecule is CC1CC(NC(N)=O)(C(=O)O)C1. The number of nitrogens with one attached hydrogen (secondary N) is 1. The van der Waals surface area contributed by atoms with Gasteiger partial charge in [-0.2, -0.15) is 0 Å². The standard InChI is InChI=1S/C7H12N2O3/c1-4-2-7(3-4,5(10)11)9-6(8)12/h4H,2-3H2,1H3,(H,10,11)(H3,8,9,12). The van der Waals surface area contributed by atoms with Crippen LogP contribution in [0.4, 0.5) is 4.79 Å². The van der Waals surface area contributed by atoms with Crippen LogP contribution < -0.4 is 11.1 Å². The summed E-state index contributed by atoms with van der Waals surface area (Å²) in [5, 5.41) is 11.0. The molecular formula is C7H12N2O3. The monoisotopic (exact) mass is 172 g/mol. The molecule has 4 N–H and O–H groups in total. The fourth-order valence-electron chi connectivity index (χ4n) is 1.70. The van der Waals surface area contributed by atoms with Crippen molar-refractivity contribution in [1.82, 2.24) is 5.32 Å². The Hall–Kier alpha value is -1.26. The largest absolute Gasteiger partial charge is 0.480 e. The summed E-state index contributed by atoms with van der Waals surface area (Å²) in [7, 11) is 0. The van der Waals surface area contributed by atoms with Gasteiger partial charge in [0.05, 0.1) is 0 Å². The second-order valence-electron chi connectivity index (χ2n) is 3.39. The number of carboxylic acids is 1. The predicted octanol–water partition coefficient (Wildman–Crippen LogP) is -0.0920. The van der Waals surface area contributed by atoms with Crippen molar-refractivity contribution in [3.63, 3.8) is 0 Å². The summed E-state index contributed by atoms with van der Waals surface area (Å²) in [4.78, 5) is 21.2. The van der Waals surface area contributed by atoms with Gasteiger partial charge in [0.15, 0.2) is 0 Å². The van der Waals surface area contributed by atoms with E-state index in [1.54, 1.807) is 0 Å². The number of hydrogen-bond donors (Lipinski definition) is 3. The summed E-state index contributed by atoms with van der Waals surface area (Å²) in [5.41, 5.74) is 3.77. The zero-order valence-electron chi connectivity index (χ0n) is 6.83. The Bertz CT molecular complexity index is 221. The van der Waals surface area contributed by atoms with E-state index < -0.39 is 17.5 Å². The number of carbonyl (C=O) groups excluding carboxylic acids is 1. The van der Waals surface area contributed by atoms with Gasteiger partial charge in [-0.1, -0.05) is 6.92 Å². The lowest BCUT2D eigenvalue weighted by molar-refractivity contribution is -0.150. The summed E-state index contributed by atoms with van der Waals surface area (Å²) in [6, 6.07) is -0.774. The maximum Gasteiger partial charge on any atom is 0.329 e. The molecule has 0 aromatic rings. The Morgan fingerprint density at radius 3 is 2.33 bits per heavy atom. The van der Waals surface area contributed by atoms with Crippen molar-refractivity contribution in [3.05, 3.63) is 0 Å². The van der Waals surface area contributed by atoms with Crippen molar-refractivity contribution in [2.45, 2.75) is 25.3 Å². The number of rotatable bonds is 2. The van der Waals surface area contributed by atoms with E-state index in [1.165, 1.54) is 0 Å². The van der Waals surface area contributed by atoms with Crippen LogP contribution in [0.2, 0.25) is 0 Å². The summed E-state index contributed by atoms with van der Waals surface area (Å²) >= 11 is 0. The molecule has 1 fully saturated rings. The van der Waals surface area contributed by atoms with Gasteiger partial charge in [-0.3, -0.25) is 0 Å². The van der Waals surface area contributed by atoms with Crippen LogP contribution >= 0.6 is 0 Å². The average Bonchev–Trinajstić information content (AvgIpc) is 1.81. The first-order valence-electron chi connectivity index (χ1n) is 3.77. The predicted molar refractivity (Wildman–Crippen MR) is 41.5 cm³/mol. The van der Waals surface area contributed by atoms with Gasteiger partial charge in [0, 0.05) is 0 Å². The molecule has 12 heavy (non-hydrogen) atoms. The molecule has 0 saturated heterocycles. The molecule has 0 aromatic heterocycles. The highest BCUT2D eigenvalue weighted by atomic mass is 16.4. The molecule has 1 aliphatic rings. The molecule has 1 aliphatic carbocycles. The van der Waals surface area contributed by atoms with Crippen molar-refractivity contribution < 1.29 is 14.7 Å². The van der Waals surface area contributed by atoms with Crippen molar-refractivity contribution in [2.75, 3.05) is 0 Å². The van der Waals surface area contributed by atoms with E-state index in [-0.39, 0.29) is 0 Å². The lowest BCUT2D eigenvalue weighted by atomic mass is 9.69. The molecule has 0 heterocycles. The first kappa shape index (κ1) is 8.83. The highest BCUT2D eigenvalue weighted by Gasteiger charge is 2.49. The normalized spacial score (nSPS) is 33.6. The summed E-state index contributed by atoms with van der Waals surface area (Å²) in [6.45, 7) is 1.93. The molecular weight excluding hydrogens is 160 g/mol. The van der Waals surface area contributed by atoms with E-state index in [1.807, 2.05) is 6.92 Å². The fourth-order valence-corrected chi connectivity index (χ4v) is 1.70. The molecule has 5 heteroatoms. The quantitative estimate of drug-likeness (QED) is 0.543. The second kappa shape index (κ2) is 2.66. The van der Waals surface area contributed by atoms with Gasteiger partial charge in [0.2, 0.25) is 0 Å². The van der Waals surface area contributed by atoms with Gasteiger partial charge in [-0.25, -0.2) is 9.59 Å². The van der Waals surface area contributed by atoms with Crippen molar-refractivity contribution in [1.29, 1.82) is 0 Å². The lowest BCUT2D eigenvalue weighted by Crippen LogP contribution is -2.63. The lowest BCUT2D eigenvalue weighted by Gasteiger charge is -2.42. The van der Waals surface area contributed by atoms with Crippen LogP contribution in [0.1, 0.15) is 19.8 Å². The van der Waals surface area contributed by atoms with Gasteiger partial charge in [0.1, 0.15) is 5.54 Å². The van der Waals surface area contributed by atoms with Crippen molar-refractivity contribution >= 4 is 12.0 Å². The zero-order chi connectivity index (χ0) is 9.35. The van der Waals surface area contributed by atoms with E-state index in [4.69, 9.17) is 10.8 Å². The van der Waals surface area contributed by atoms with Crippen LogP contribution in [0, 0.1) is 5.92 Å². The molecule has 0 radical (unpaired) electrons. The highest BCUT2D eigenvalue weighted by molar-refractivity contribution is 5.86. The third kappa shape index (κ3) is 1.34. The maximum atomic E-state index is 10.7. The number of aliphatic carboxylic acids is 1. The highest BCUT2D eigenvalue weighted by Crippen LogP contribution is 2.37. The minimum absolute atomic E-state index is 0.341. The van der Waals surface area contributed by atoms with E-state index >= 15 is 0 Å². The van der Waals surface area contributed by atoms with Crippen LogP contribution in [-0.4, -0.2) is 22.6 Å². The van der Waals surface area contributed by atoms with Crippen LogP contribution in [0.5, 0.6) is 0 Å². The van der Waals surface area contributed by atoms with Gasteiger partial charge in [0.25, 0.3) is 0 Å². The summed E-state index contributed by atoms with van der Waals surface area (Å²) in [6.07, 6.45) is 0.927. The van der Waals surface area contributed by atoms with E-state index in [2.05, 4.69) is 5.32 Å². The van der Waals surface area contributed by atoms with Crippen molar-refractivity contribution in [2.24, 2.45) is 11.7 Å². The van der Waals surface area contributed by atoms with Crippen LogP contribution in [0.3, 0.4) is 0 Å². The third-order valence-electron chi connectivity index (χ3n) is 2.17. The molecule has 1 rings (SSSR count). The number of nitrogens with two attached hydrogens (primary N) is 1. The summed E-state index contributed by atoms with van der Waals surface area (Å²) < 4.78 is 0. The smallest absolute Gasteiger partial charge is 0.329 e. The molecule has 1 saturated carbocycles. The maximum absolute atomic E-state index is 10.7. The van der Waals surface area contributed by atoms with Gasteiger partial charge >= 0.3 is 12.0 Å².